The maximum atomic E-state index is 12.4. The third-order valence-electron chi connectivity index (χ3n) is 2.70. The quantitative estimate of drug-likeness (QED) is 0.698. The standard InChI is InChI=1S/C14H9Cl3O/c1-8-9(4-2-5-10(8)15)14(18)13-11(16)6-3-7-12(13)17/h2-7H,1H3. The van der Waals surface area contributed by atoms with Crippen LogP contribution in [0.25, 0.3) is 0 Å². The third-order valence-corrected chi connectivity index (χ3v) is 3.74. The molecule has 0 aromatic heterocycles. The van der Waals surface area contributed by atoms with Gasteiger partial charge in [-0.25, -0.2) is 0 Å². The fraction of sp³-hybridized carbons (Fsp3) is 0.0714. The summed E-state index contributed by atoms with van der Waals surface area (Å²) in [6, 6.07) is 10.2. The van der Waals surface area contributed by atoms with Crippen molar-refractivity contribution in [3.63, 3.8) is 0 Å². The number of hydrogen-bond donors (Lipinski definition) is 0. The van der Waals surface area contributed by atoms with E-state index in [2.05, 4.69) is 0 Å². The van der Waals surface area contributed by atoms with Crippen molar-refractivity contribution in [3.8, 4) is 0 Å². The van der Waals surface area contributed by atoms with Crippen molar-refractivity contribution in [1.82, 2.24) is 0 Å². The molecule has 2 rings (SSSR count). The van der Waals surface area contributed by atoms with Gasteiger partial charge in [0.05, 0.1) is 15.6 Å². The normalized spacial score (nSPS) is 10.4. The molecule has 2 aromatic rings. The van der Waals surface area contributed by atoms with Crippen LogP contribution in [-0.4, -0.2) is 5.78 Å². The zero-order valence-corrected chi connectivity index (χ0v) is 11.8. The van der Waals surface area contributed by atoms with E-state index in [4.69, 9.17) is 34.8 Å². The topological polar surface area (TPSA) is 17.1 Å². The van der Waals surface area contributed by atoms with E-state index in [0.29, 0.717) is 26.2 Å². The molecule has 0 heterocycles. The highest BCUT2D eigenvalue weighted by Gasteiger charge is 2.18. The van der Waals surface area contributed by atoms with Crippen LogP contribution in [0.15, 0.2) is 36.4 Å². The highest BCUT2D eigenvalue weighted by molar-refractivity contribution is 6.41. The summed E-state index contributed by atoms with van der Waals surface area (Å²) in [5.41, 5.74) is 1.55. The van der Waals surface area contributed by atoms with Crippen LogP contribution >= 0.6 is 34.8 Å². The van der Waals surface area contributed by atoms with Crippen molar-refractivity contribution >= 4 is 40.6 Å². The summed E-state index contributed by atoms with van der Waals surface area (Å²) in [4.78, 5) is 12.4. The van der Waals surface area contributed by atoms with Gasteiger partial charge in [0.25, 0.3) is 0 Å². The average Bonchev–Trinajstić information content (AvgIpc) is 2.32. The Kier molecular flexibility index (Phi) is 3.96. The summed E-state index contributed by atoms with van der Waals surface area (Å²) in [5, 5.41) is 1.22. The second-order valence-electron chi connectivity index (χ2n) is 3.84. The number of ketones is 1. The Hall–Kier alpha value is -1.02. The molecule has 0 saturated heterocycles. The molecule has 2 aromatic carbocycles. The average molecular weight is 300 g/mol. The van der Waals surface area contributed by atoms with Crippen molar-refractivity contribution in [2.75, 3.05) is 0 Å². The summed E-state index contributed by atoms with van der Waals surface area (Å²) in [6.07, 6.45) is 0. The number of rotatable bonds is 2. The lowest BCUT2D eigenvalue weighted by molar-refractivity contribution is 0.103. The molecular formula is C14H9Cl3O. The third kappa shape index (κ3) is 2.39. The van der Waals surface area contributed by atoms with Gasteiger partial charge in [-0.15, -0.1) is 0 Å². The molecule has 0 fully saturated rings. The van der Waals surface area contributed by atoms with Crippen LogP contribution in [0.2, 0.25) is 15.1 Å². The van der Waals surface area contributed by atoms with Gasteiger partial charge in [0.1, 0.15) is 0 Å². The van der Waals surface area contributed by atoms with Crippen molar-refractivity contribution in [3.05, 3.63) is 68.2 Å². The Bertz CT molecular complexity index is 600. The maximum Gasteiger partial charge on any atom is 0.196 e. The van der Waals surface area contributed by atoms with Gasteiger partial charge in [0.2, 0.25) is 0 Å². The van der Waals surface area contributed by atoms with Crippen molar-refractivity contribution in [1.29, 1.82) is 0 Å². The van der Waals surface area contributed by atoms with Crippen molar-refractivity contribution in [2.24, 2.45) is 0 Å². The zero-order chi connectivity index (χ0) is 13.3. The Morgan fingerprint density at radius 3 is 2.00 bits per heavy atom. The van der Waals surface area contributed by atoms with Gasteiger partial charge in [0, 0.05) is 10.6 Å². The van der Waals surface area contributed by atoms with Crippen LogP contribution in [0.3, 0.4) is 0 Å². The van der Waals surface area contributed by atoms with E-state index in [1.807, 2.05) is 0 Å². The molecule has 0 aliphatic carbocycles. The predicted octanol–water partition coefficient (Wildman–Crippen LogP) is 5.19. The Balaban J connectivity index is 2.59. The summed E-state index contributed by atoms with van der Waals surface area (Å²) < 4.78 is 0. The molecule has 0 unspecified atom stereocenters. The second-order valence-corrected chi connectivity index (χ2v) is 5.06. The van der Waals surface area contributed by atoms with E-state index >= 15 is 0 Å². The molecular weight excluding hydrogens is 291 g/mol. The summed E-state index contributed by atoms with van der Waals surface area (Å²) in [7, 11) is 0. The lowest BCUT2D eigenvalue weighted by atomic mass is 9.99. The molecule has 0 N–H and O–H groups in total. The van der Waals surface area contributed by atoms with Gasteiger partial charge in [-0.1, -0.05) is 53.0 Å². The molecule has 18 heavy (non-hydrogen) atoms. The van der Waals surface area contributed by atoms with Crippen LogP contribution in [0, 0.1) is 6.92 Å². The van der Waals surface area contributed by atoms with Crippen LogP contribution in [0.4, 0.5) is 0 Å². The number of hydrogen-bond acceptors (Lipinski definition) is 1. The largest absolute Gasteiger partial charge is 0.288 e. The number of benzene rings is 2. The van der Waals surface area contributed by atoms with Gasteiger partial charge < -0.3 is 0 Å². The minimum atomic E-state index is -0.217. The van der Waals surface area contributed by atoms with E-state index in [0.717, 1.165) is 5.56 Å². The molecule has 0 aliphatic rings. The number of halogens is 3. The van der Waals surface area contributed by atoms with Gasteiger partial charge >= 0.3 is 0 Å². The van der Waals surface area contributed by atoms with Gasteiger partial charge in [0.15, 0.2) is 5.78 Å². The van der Waals surface area contributed by atoms with E-state index in [1.54, 1.807) is 43.3 Å². The molecule has 0 spiro atoms. The molecule has 0 aliphatic heterocycles. The monoisotopic (exact) mass is 298 g/mol. The Labute approximate surface area is 120 Å². The summed E-state index contributed by atoms with van der Waals surface area (Å²) in [5.74, 6) is -0.217. The van der Waals surface area contributed by atoms with E-state index in [1.165, 1.54) is 0 Å². The lowest BCUT2D eigenvalue weighted by Crippen LogP contribution is -2.05. The first-order valence-electron chi connectivity index (χ1n) is 5.26. The molecule has 0 amide bonds. The van der Waals surface area contributed by atoms with Crippen LogP contribution < -0.4 is 0 Å². The molecule has 0 bridgehead atoms. The molecule has 0 atom stereocenters. The van der Waals surface area contributed by atoms with Crippen molar-refractivity contribution < 1.29 is 4.79 Å². The van der Waals surface area contributed by atoms with Crippen LogP contribution in [-0.2, 0) is 0 Å². The fourth-order valence-electron chi connectivity index (χ4n) is 1.70. The minimum absolute atomic E-state index is 0.217. The number of carbonyl (C=O) groups excluding carboxylic acids is 1. The molecule has 0 radical (unpaired) electrons. The highest BCUT2D eigenvalue weighted by atomic mass is 35.5. The molecule has 4 heteroatoms. The van der Waals surface area contributed by atoms with E-state index in [-0.39, 0.29) is 5.78 Å². The second kappa shape index (κ2) is 5.31. The number of carbonyl (C=O) groups is 1. The minimum Gasteiger partial charge on any atom is -0.288 e. The Morgan fingerprint density at radius 1 is 0.889 bits per heavy atom. The molecule has 1 nitrogen and oxygen atoms in total. The van der Waals surface area contributed by atoms with Crippen molar-refractivity contribution in [2.45, 2.75) is 6.92 Å². The fourth-order valence-corrected chi connectivity index (χ4v) is 2.45. The SMILES string of the molecule is Cc1c(Cl)cccc1C(=O)c1c(Cl)cccc1Cl. The smallest absolute Gasteiger partial charge is 0.196 e. The molecule has 92 valence electrons. The Morgan fingerprint density at radius 2 is 1.39 bits per heavy atom. The van der Waals surface area contributed by atoms with E-state index in [9.17, 15) is 4.79 Å². The first-order chi connectivity index (χ1) is 8.52. The van der Waals surface area contributed by atoms with Gasteiger partial charge in [-0.2, -0.15) is 0 Å². The zero-order valence-electron chi connectivity index (χ0n) is 9.51. The van der Waals surface area contributed by atoms with Gasteiger partial charge in [-0.3, -0.25) is 4.79 Å². The first kappa shape index (κ1) is 13.4. The predicted molar refractivity (Wildman–Crippen MR) is 76.1 cm³/mol. The van der Waals surface area contributed by atoms with Gasteiger partial charge in [-0.05, 0) is 30.7 Å². The summed E-state index contributed by atoms with van der Waals surface area (Å²) >= 11 is 18.1. The molecule has 0 saturated carbocycles. The summed E-state index contributed by atoms with van der Waals surface area (Å²) in [6.45, 7) is 1.79. The first-order valence-corrected chi connectivity index (χ1v) is 6.39. The van der Waals surface area contributed by atoms with E-state index < -0.39 is 0 Å². The van der Waals surface area contributed by atoms with Crippen LogP contribution in [0.1, 0.15) is 21.5 Å². The highest BCUT2D eigenvalue weighted by Crippen LogP contribution is 2.29. The maximum absolute atomic E-state index is 12.4. The van der Waals surface area contributed by atoms with Crippen LogP contribution in [0.5, 0.6) is 0 Å². The lowest BCUT2D eigenvalue weighted by Gasteiger charge is -2.09.